The summed E-state index contributed by atoms with van der Waals surface area (Å²) in [5, 5.41) is 1.23. The van der Waals surface area contributed by atoms with Gasteiger partial charge in [0.2, 0.25) is 0 Å². The Bertz CT molecular complexity index is 1330. The molecule has 0 saturated carbocycles. The number of anilines is 1. The zero-order valence-corrected chi connectivity index (χ0v) is 20.1. The molecule has 0 fully saturated rings. The minimum Gasteiger partial charge on any atom is -0.473 e. The number of aryl methyl sites for hydroxylation is 1. The summed E-state index contributed by atoms with van der Waals surface area (Å²) in [4.78, 5) is 2.37. The molecule has 1 atom stereocenters. The molecule has 0 amide bonds. The molecular weight excluding hydrogens is 404 g/mol. The van der Waals surface area contributed by atoms with Gasteiger partial charge in [-0.15, -0.1) is 0 Å². The molecule has 5 rings (SSSR count). The summed E-state index contributed by atoms with van der Waals surface area (Å²) < 4.78 is 9.26. The van der Waals surface area contributed by atoms with Crippen molar-refractivity contribution in [1.29, 1.82) is 0 Å². The number of ether oxygens (including phenoxy) is 1. The zero-order chi connectivity index (χ0) is 23.2. The van der Waals surface area contributed by atoms with Gasteiger partial charge in [0, 0.05) is 64.2 Å². The molecule has 2 heterocycles. The van der Waals surface area contributed by atoms with E-state index in [1.165, 1.54) is 27.8 Å². The predicted octanol–water partition coefficient (Wildman–Crippen LogP) is 7.11. The van der Waals surface area contributed by atoms with Gasteiger partial charge in [-0.1, -0.05) is 61.2 Å². The first-order valence-electron chi connectivity index (χ1n) is 12.0. The maximum Gasteiger partial charge on any atom is 0.187 e. The number of fused-ring (bicyclic) bond motifs is 2. The zero-order valence-electron chi connectivity index (χ0n) is 20.1. The Labute approximate surface area is 196 Å². The van der Waals surface area contributed by atoms with Crippen LogP contribution in [-0.2, 0) is 16.9 Å². The van der Waals surface area contributed by atoms with Gasteiger partial charge in [0.05, 0.1) is 0 Å². The van der Waals surface area contributed by atoms with E-state index in [2.05, 4.69) is 117 Å². The molecule has 0 aliphatic carbocycles. The number of para-hydroxylation sites is 1. The highest BCUT2D eigenvalue weighted by Crippen LogP contribution is 2.53. The number of aromatic nitrogens is 1. The summed E-state index contributed by atoms with van der Waals surface area (Å²) in [5.41, 5.74) is 7.55. The first-order chi connectivity index (χ1) is 16.1. The van der Waals surface area contributed by atoms with E-state index < -0.39 is 5.60 Å². The molecule has 33 heavy (non-hydrogen) atoms. The number of rotatable bonds is 6. The van der Waals surface area contributed by atoms with Gasteiger partial charge in [0.25, 0.3) is 0 Å². The first-order valence-corrected chi connectivity index (χ1v) is 12.0. The molecule has 0 saturated heterocycles. The average Bonchev–Trinajstić information content (AvgIpc) is 3.31. The highest BCUT2D eigenvalue weighted by molar-refractivity contribution is 5.89. The largest absolute Gasteiger partial charge is 0.473 e. The van der Waals surface area contributed by atoms with Crippen LogP contribution in [0.15, 0.2) is 79.4 Å². The lowest BCUT2D eigenvalue weighted by Gasteiger charge is -2.32. The molecule has 4 aromatic rings. The molecule has 3 heteroatoms. The van der Waals surface area contributed by atoms with Crippen molar-refractivity contribution in [3.8, 4) is 0 Å². The van der Waals surface area contributed by atoms with E-state index in [1.807, 2.05) is 0 Å². The van der Waals surface area contributed by atoms with Crippen LogP contribution in [0, 0.1) is 6.92 Å². The van der Waals surface area contributed by atoms with Crippen molar-refractivity contribution in [3.63, 3.8) is 0 Å². The third-order valence-electron chi connectivity index (χ3n) is 7.18. The summed E-state index contributed by atoms with van der Waals surface area (Å²) >= 11 is 0. The summed E-state index contributed by atoms with van der Waals surface area (Å²) in [6.45, 7) is 16.0. The summed E-state index contributed by atoms with van der Waals surface area (Å²) in [6, 6.07) is 26.1. The lowest BCUT2D eigenvalue weighted by atomic mass is 9.78. The molecule has 0 N–H and O–H groups in total. The van der Waals surface area contributed by atoms with E-state index in [4.69, 9.17) is 4.74 Å². The van der Waals surface area contributed by atoms with Crippen LogP contribution in [0.3, 0.4) is 0 Å². The first kappa shape index (κ1) is 21.4. The lowest BCUT2D eigenvalue weighted by molar-refractivity contribution is 0.140. The van der Waals surface area contributed by atoms with Gasteiger partial charge in [0.1, 0.15) is 5.76 Å². The highest BCUT2D eigenvalue weighted by Gasteiger charge is 2.48. The number of benzene rings is 3. The fourth-order valence-electron chi connectivity index (χ4n) is 5.65. The van der Waals surface area contributed by atoms with Crippen LogP contribution in [-0.4, -0.2) is 17.7 Å². The third-order valence-corrected chi connectivity index (χ3v) is 7.18. The van der Waals surface area contributed by atoms with E-state index in [-0.39, 0.29) is 0 Å². The van der Waals surface area contributed by atoms with Gasteiger partial charge in [-0.3, -0.25) is 0 Å². The van der Waals surface area contributed by atoms with Crippen LogP contribution in [0.2, 0.25) is 0 Å². The second-order valence-electron chi connectivity index (χ2n) is 8.69. The van der Waals surface area contributed by atoms with Gasteiger partial charge in [-0.2, -0.15) is 0 Å². The quantitative estimate of drug-likeness (QED) is 0.320. The molecule has 1 aliphatic heterocycles. The SMILES string of the molecule is C=C1OC(c2ccc(N(CC)CC)cc2)(c2c(C)n(CC)c3ccccc23)c2ccccc21. The molecule has 3 aromatic carbocycles. The molecule has 3 nitrogen and oxygen atoms in total. The maximum absolute atomic E-state index is 6.87. The Morgan fingerprint density at radius 2 is 1.55 bits per heavy atom. The summed E-state index contributed by atoms with van der Waals surface area (Å²) in [6.07, 6.45) is 0. The normalized spacial score (nSPS) is 17.3. The molecular formula is C30H32N2O. The molecule has 0 radical (unpaired) electrons. The van der Waals surface area contributed by atoms with E-state index in [9.17, 15) is 0 Å². The van der Waals surface area contributed by atoms with E-state index in [0.29, 0.717) is 0 Å². The second kappa shape index (κ2) is 8.15. The van der Waals surface area contributed by atoms with E-state index in [0.717, 1.165) is 42.1 Å². The second-order valence-corrected chi connectivity index (χ2v) is 8.69. The van der Waals surface area contributed by atoms with Crippen molar-refractivity contribution in [2.75, 3.05) is 18.0 Å². The van der Waals surface area contributed by atoms with Gasteiger partial charge >= 0.3 is 0 Å². The minimum absolute atomic E-state index is 0.728. The van der Waals surface area contributed by atoms with Crippen LogP contribution in [0.1, 0.15) is 48.7 Å². The third kappa shape index (κ3) is 3.02. The number of hydrogen-bond acceptors (Lipinski definition) is 2. The van der Waals surface area contributed by atoms with Crippen LogP contribution in [0.4, 0.5) is 5.69 Å². The molecule has 168 valence electrons. The fourth-order valence-corrected chi connectivity index (χ4v) is 5.65. The number of hydrogen-bond donors (Lipinski definition) is 0. The van der Waals surface area contributed by atoms with Crippen molar-refractivity contribution in [2.45, 2.75) is 39.8 Å². The van der Waals surface area contributed by atoms with E-state index in [1.54, 1.807) is 0 Å². The van der Waals surface area contributed by atoms with Gasteiger partial charge in [-0.25, -0.2) is 0 Å². The molecule has 1 aromatic heterocycles. The van der Waals surface area contributed by atoms with Crippen molar-refractivity contribution in [1.82, 2.24) is 4.57 Å². The Hall–Kier alpha value is -3.46. The number of nitrogens with zero attached hydrogens (tertiary/aromatic N) is 2. The Morgan fingerprint density at radius 1 is 0.879 bits per heavy atom. The summed E-state index contributed by atoms with van der Waals surface area (Å²) in [5.74, 6) is 0.728. The highest BCUT2D eigenvalue weighted by atomic mass is 16.5. The predicted molar refractivity (Wildman–Crippen MR) is 139 cm³/mol. The Kier molecular flexibility index (Phi) is 5.28. The van der Waals surface area contributed by atoms with Crippen molar-refractivity contribution >= 4 is 22.3 Å². The standard InChI is InChI=1S/C30H32N2O/c1-6-31(7-2)24-19-17-23(18-20-24)30(27-15-11-9-13-25(27)22(5)33-30)29-21(4)32(8-3)28-16-12-10-14-26(28)29/h9-20H,5-8H2,1-4H3. The Morgan fingerprint density at radius 3 is 2.24 bits per heavy atom. The Balaban J connectivity index is 1.84. The maximum atomic E-state index is 6.87. The van der Waals surface area contributed by atoms with Crippen LogP contribution < -0.4 is 4.90 Å². The fraction of sp³-hybridized carbons (Fsp3) is 0.267. The molecule has 0 spiro atoms. The van der Waals surface area contributed by atoms with Crippen molar-refractivity contribution < 1.29 is 4.74 Å². The molecule has 1 aliphatic rings. The van der Waals surface area contributed by atoms with Crippen molar-refractivity contribution in [2.24, 2.45) is 0 Å². The summed E-state index contributed by atoms with van der Waals surface area (Å²) in [7, 11) is 0. The monoisotopic (exact) mass is 436 g/mol. The van der Waals surface area contributed by atoms with Crippen molar-refractivity contribution in [3.05, 3.63) is 107 Å². The van der Waals surface area contributed by atoms with Gasteiger partial charge in [0.15, 0.2) is 5.60 Å². The van der Waals surface area contributed by atoms with Crippen LogP contribution in [0.25, 0.3) is 16.7 Å². The lowest BCUT2D eigenvalue weighted by Crippen LogP contribution is -2.30. The topological polar surface area (TPSA) is 17.4 Å². The van der Waals surface area contributed by atoms with Gasteiger partial charge < -0.3 is 14.2 Å². The minimum atomic E-state index is -0.737. The average molecular weight is 437 g/mol. The smallest absolute Gasteiger partial charge is 0.187 e. The van der Waals surface area contributed by atoms with E-state index >= 15 is 0 Å². The molecule has 0 bridgehead atoms. The van der Waals surface area contributed by atoms with Gasteiger partial charge in [-0.05, 0) is 45.9 Å². The molecule has 1 unspecified atom stereocenters. The van der Waals surface area contributed by atoms with Crippen LogP contribution >= 0.6 is 0 Å². The van der Waals surface area contributed by atoms with Crippen LogP contribution in [0.5, 0.6) is 0 Å².